The van der Waals surface area contributed by atoms with Gasteiger partial charge in [0.25, 0.3) is 0 Å². The summed E-state index contributed by atoms with van der Waals surface area (Å²) in [6, 6.07) is 16.3. The zero-order valence-electron chi connectivity index (χ0n) is 12.5. The van der Waals surface area contributed by atoms with Gasteiger partial charge in [-0.3, -0.25) is 0 Å². The summed E-state index contributed by atoms with van der Waals surface area (Å²) in [5.74, 6) is 0.177. The molecule has 0 aromatic heterocycles. The molecule has 1 N–H and O–H groups in total. The minimum atomic E-state index is -0.145. The van der Waals surface area contributed by atoms with Gasteiger partial charge in [0.15, 0.2) is 0 Å². The number of halogens is 1. The second kappa shape index (κ2) is 6.40. The van der Waals surface area contributed by atoms with Gasteiger partial charge in [-0.25, -0.2) is 4.39 Å². The van der Waals surface area contributed by atoms with Crippen molar-refractivity contribution in [2.75, 3.05) is 6.54 Å². The summed E-state index contributed by atoms with van der Waals surface area (Å²) >= 11 is 0. The van der Waals surface area contributed by atoms with Gasteiger partial charge in [-0.1, -0.05) is 42.0 Å². The molecule has 2 aromatic rings. The Labute approximate surface area is 126 Å². The predicted molar refractivity (Wildman–Crippen MR) is 85.0 cm³/mol. The number of hydrogen-bond donors (Lipinski definition) is 1. The Kier molecular flexibility index (Phi) is 4.35. The summed E-state index contributed by atoms with van der Waals surface area (Å²) in [5, 5.41) is 3.59. The van der Waals surface area contributed by atoms with Crippen LogP contribution in [-0.2, 0) is 6.42 Å². The molecule has 0 amide bonds. The second-order valence-electron chi connectivity index (χ2n) is 6.13. The SMILES string of the molecule is Cc1cccc(CC(CNC2CC2)c2cccc(F)c2)c1. The number of hydrogen-bond acceptors (Lipinski definition) is 1. The summed E-state index contributed by atoms with van der Waals surface area (Å²) in [4.78, 5) is 0. The molecule has 0 bridgehead atoms. The fourth-order valence-electron chi connectivity index (χ4n) is 2.79. The lowest BCUT2D eigenvalue weighted by Crippen LogP contribution is -2.25. The third kappa shape index (κ3) is 4.15. The summed E-state index contributed by atoms with van der Waals surface area (Å²) < 4.78 is 13.5. The normalized spacial score (nSPS) is 15.9. The summed E-state index contributed by atoms with van der Waals surface area (Å²) in [6.07, 6.45) is 3.51. The van der Waals surface area contributed by atoms with Gasteiger partial charge < -0.3 is 5.32 Å². The first kappa shape index (κ1) is 14.3. The van der Waals surface area contributed by atoms with Gasteiger partial charge in [0, 0.05) is 18.5 Å². The van der Waals surface area contributed by atoms with Crippen molar-refractivity contribution in [3.8, 4) is 0 Å². The van der Waals surface area contributed by atoms with E-state index in [4.69, 9.17) is 0 Å². The van der Waals surface area contributed by atoms with Crippen LogP contribution in [0.5, 0.6) is 0 Å². The monoisotopic (exact) mass is 283 g/mol. The van der Waals surface area contributed by atoms with Crippen LogP contribution >= 0.6 is 0 Å². The van der Waals surface area contributed by atoms with Crippen LogP contribution in [0.25, 0.3) is 0 Å². The van der Waals surface area contributed by atoms with Crippen LogP contribution in [0.1, 0.15) is 35.4 Å². The van der Waals surface area contributed by atoms with Crippen molar-refractivity contribution in [2.24, 2.45) is 0 Å². The van der Waals surface area contributed by atoms with Crippen LogP contribution in [0.15, 0.2) is 48.5 Å². The molecular weight excluding hydrogens is 261 g/mol. The lowest BCUT2D eigenvalue weighted by atomic mass is 9.91. The molecule has 0 radical (unpaired) electrons. The zero-order chi connectivity index (χ0) is 14.7. The summed E-state index contributed by atoms with van der Waals surface area (Å²) in [5.41, 5.74) is 3.69. The van der Waals surface area contributed by atoms with Gasteiger partial charge >= 0.3 is 0 Å². The summed E-state index contributed by atoms with van der Waals surface area (Å²) in [7, 11) is 0. The van der Waals surface area contributed by atoms with E-state index in [2.05, 4.69) is 36.5 Å². The molecule has 0 heterocycles. The molecule has 21 heavy (non-hydrogen) atoms. The molecule has 2 heteroatoms. The average Bonchev–Trinajstić information content (AvgIpc) is 3.27. The molecule has 1 atom stereocenters. The quantitative estimate of drug-likeness (QED) is 0.837. The Hall–Kier alpha value is -1.67. The van der Waals surface area contributed by atoms with Crippen LogP contribution in [0.4, 0.5) is 4.39 Å². The minimum Gasteiger partial charge on any atom is -0.313 e. The molecule has 1 nitrogen and oxygen atoms in total. The van der Waals surface area contributed by atoms with E-state index in [1.54, 1.807) is 6.07 Å². The Bertz CT molecular complexity index is 604. The third-order valence-corrected chi connectivity index (χ3v) is 4.11. The van der Waals surface area contributed by atoms with Crippen LogP contribution in [-0.4, -0.2) is 12.6 Å². The smallest absolute Gasteiger partial charge is 0.123 e. The van der Waals surface area contributed by atoms with E-state index in [0.717, 1.165) is 18.5 Å². The van der Waals surface area contributed by atoms with E-state index in [1.165, 1.54) is 30.0 Å². The van der Waals surface area contributed by atoms with Crippen molar-refractivity contribution < 1.29 is 4.39 Å². The van der Waals surface area contributed by atoms with Gasteiger partial charge in [0.2, 0.25) is 0 Å². The van der Waals surface area contributed by atoms with E-state index in [0.29, 0.717) is 12.0 Å². The van der Waals surface area contributed by atoms with E-state index >= 15 is 0 Å². The van der Waals surface area contributed by atoms with Crippen molar-refractivity contribution in [1.82, 2.24) is 5.32 Å². The molecule has 1 aliphatic rings. The zero-order valence-corrected chi connectivity index (χ0v) is 12.5. The van der Waals surface area contributed by atoms with Crippen LogP contribution in [0.2, 0.25) is 0 Å². The first-order valence-corrected chi connectivity index (χ1v) is 7.75. The molecule has 2 aromatic carbocycles. The van der Waals surface area contributed by atoms with E-state index in [1.807, 2.05) is 12.1 Å². The van der Waals surface area contributed by atoms with Crippen LogP contribution < -0.4 is 5.32 Å². The van der Waals surface area contributed by atoms with Crippen molar-refractivity contribution in [1.29, 1.82) is 0 Å². The second-order valence-corrected chi connectivity index (χ2v) is 6.13. The van der Waals surface area contributed by atoms with Gasteiger partial charge in [-0.2, -0.15) is 0 Å². The molecule has 3 rings (SSSR count). The van der Waals surface area contributed by atoms with Gasteiger partial charge in [-0.05, 0) is 49.4 Å². The highest BCUT2D eigenvalue weighted by molar-refractivity contribution is 5.27. The van der Waals surface area contributed by atoms with Crippen molar-refractivity contribution in [3.05, 3.63) is 71.0 Å². The third-order valence-electron chi connectivity index (χ3n) is 4.11. The van der Waals surface area contributed by atoms with Crippen LogP contribution in [0.3, 0.4) is 0 Å². The Morgan fingerprint density at radius 1 is 1.14 bits per heavy atom. The molecule has 1 unspecified atom stereocenters. The highest BCUT2D eigenvalue weighted by Gasteiger charge is 2.22. The molecule has 0 spiro atoms. The Morgan fingerprint density at radius 2 is 1.95 bits per heavy atom. The highest BCUT2D eigenvalue weighted by atomic mass is 19.1. The predicted octanol–water partition coefficient (Wildman–Crippen LogP) is 4.21. The molecule has 1 aliphatic carbocycles. The maximum absolute atomic E-state index is 13.5. The molecule has 1 fully saturated rings. The fourth-order valence-corrected chi connectivity index (χ4v) is 2.79. The van der Waals surface area contributed by atoms with E-state index < -0.39 is 0 Å². The molecule has 0 aliphatic heterocycles. The summed E-state index contributed by atoms with van der Waals surface area (Å²) in [6.45, 7) is 3.03. The van der Waals surface area contributed by atoms with Gasteiger partial charge in [0.1, 0.15) is 5.82 Å². The molecule has 1 saturated carbocycles. The molecular formula is C19H22FN. The first-order valence-electron chi connectivity index (χ1n) is 7.75. The number of nitrogens with one attached hydrogen (secondary N) is 1. The van der Waals surface area contributed by atoms with Gasteiger partial charge in [0.05, 0.1) is 0 Å². The van der Waals surface area contributed by atoms with E-state index in [9.17, 15) is 4.39 Å². The average molecular weight is 283 g/mol. The van der Waals surface area contributed by atoms with Crippen molar-refractivity contribution in [2.45, 2.75) is 38.1 Å². The lowest BCUT2D eigenvalue weighted by molar-refractivity contribution is 0.569. The number of rotatable bonds is 6. The van der Waals surface area contributed by atoms with Crippen LogP contribution in [0, 0.1) is 12.7 Å². The maximum atomic E-state index is 13.5. The van der Waals surface area contributed by atoms with Gasteiger partial charge in [-0.15, -0.1) is 0 Å². The van der Waals surface area contributed by atoms with Crippen molar-refractivity contribution >= 4 is 0 Å². The highest BCUT2D eigenvalue weighted by Crippen LogP contribution is 2.24. The number of aryl methyl sites for hydroxylation is 1. The molecule has 110 valence electrons. The van der Waals surface area contributed by atoms with Crippen molar-refractivity contribution in [3.63, 3.8) is 0 Å². The maximum Gasteiger partial charge on any atom is 0.123 e. The largest absolute Gasteiger partial charge is 0.313 e. The van der Waals surface area contributed by atoms with E-state index in [-0.39, 0.29) is 5.82 Å². The fraction of sp³-hybridized carbons (Fsp3) is 0.368. The Balaban J connectivity index is 1.77. The minimum absolute atomic E-state index is 0.145. The topological polar surface area (TPSA) is 12.0 Å². The molecule has 0 saturated heterocycles. The number of benzene rings is 2. The Morgan fingerprint density at radius 3 is 2.67 bits per heavy atom. The lowest BCUT2D eigenvalue weighted by Gasteiger charge is -2.19. The first-order chi connectivity index (χ1) is 10.2. The standard InChI is InChI=1S/C19H22FN/c1-14-4-2-5-15(10-14)11-17(13-21-19-8-9-19)16-6-3-7-18(20)12-16/h2-7,10,12,17,19,21H,8-9,11,13H2,1H3.